The number of carbonyl (C=O) groups excluding carboxylic acids is 3. The second-order valence-corrected chi connectivity index (χ2v) is 7.95. The van der Waals surface area contributed by atoms with Crippen LogP contribution in [0.5, 0.6) is 0 Å². The highest BCUT2D eigenvalue weighted by Crippen LogP contribution is 2.17. The molecule has 1 heterocycles. The van der Waals surface area contributed by atoms with E-state index < -0.39 is 11.8 Å². The van der Waals surface area contributed by atoms with E-state index in [-0.39, 0.29) is 24.4 Å². The van der Waals surface area contributed by atoms with Gasteiger partial charge in [-0.1, -0.05) is 49.6 Å². The van der Waals surface area contributed by atoms with Crippen LogP contribution in [0.25, 0.3) is 0 Å². The first-order valence-electron chi connectivity index (χ1n) is 10.4. The first kappa shape index (κ1) is 21.5. The molecule has 3 N–H and O–H groups in total. The minimum absolute atomic E-state index is 0.0760. The third-order valence-electron chi connectivity index (χ3n) is 5.30. The number of aromatic nitrogens is 2. The maximum absolute atomic E-state index is 12.1. The van der Waals surface area contributed by atoms with Crippen molar-refractivity contribution in [1.29, 1.82) is 0 Å². The van der Waals surface area contributed by atoms with E-state index in [0.717, 1.165) is 36.8 Å². The summed E-state index contributed by atoms with van der Waals surface area (Å²) in [7, 11) is 0. The summed E-state index contributed by atoms with van der Waals surface area (Å²) < 4.78 is 1.44. The number of aryl methyl sites for hydroxylation is 1. The zero-order valence-corrected chi connectivity index (χ0v) is 17.5. The number of nitrogens with zero attached hydrogens (tertiary/aromatic N) is 2. The lowest BCUT2D eigenvalue weighted by Crippen LogP contribution is -2.37. The molecule has 1 aromatic carbocycles. The van der Waals surface area contributed by atoms with Crippen LogP contribution in [0.4, 0.5) is 5.69 Å². The van der Waals surface area contributed by atoms with Crippen LogP contribution in [0.3, 0.4) is 0 Å². The van der Waals surface area contributed by atoms with Gasteiger partial charge in [0.15, 0.2) is 0 Å². The number of hydrogen-bond donors (Lipinski definition) is 3. The molecule has 1 fully saturated rings. The molecule has 1 aromatic heterocycles. The number of anilines is 1. The quantitative estimate of drug-likeness (QED) is 0.607. The highest BCUT2D eigenvalue weighted by molar-refractivity contribution is 6.39. The average Bonchev–Trinajstić information content (AvgIpc) is 3.37. The van der Waals surface area contributed by atoms with Crippen molar-refractivity contribution in [1.82, 2.24) is 20.4 Å². The molecule has 30 heavy (non-hydrogen) atoms. The highest BCUT2D eigenvalue weighted by atomic mass is 16.2. The summed E-state index contributed by atoms with van der Waals surface area (Å²) in [4.78, 5) is 36.3. The fraction of sp³-hybridized carbons (Fsp3) is 0.455. The van der Waals surface area contributed by atoms with Crippen molar-refractivity contribution in [2.24, 2.45) is 0 Å². The second-order valence-electron chi connectivity index (χ2n) is 7.95. The molecule has 160 valence electrons. The Morgan fingerprint density at radius 3 is 2.70 bits per heavy atom. The molecule has 1 atom stereocenters. The van der Waals surface area contributed by atoms with Crippen LogP contribution >= 0.6 is 0 Å². The predicted molar refractivity (Wildman–Crippen MR) is 114 cm³/mol. The first-order valence-corrected chi connectivity index (χ1v) is 10.4. The molecule has 1 aliphatic carbocycles. The van der Waals surface area contributed by atoms with Crippen molar-refractivity contribution in [2.45, 2.75) is 58.0 Å². The summed E-state index contributed by atoms with van der Waals surface area (Å²) in [5, 5.41) is 12.2. The van der Waals surface area contributed by atoms with Crippen molar-refractivity contribution in [3.8, 4) is 0 Å². The Bertz CT molecular complexity index is 902. The summed E-state index contributed by atoms with van der Waals surface area (Å²) in [6.07, 6.45) is 7.29. The number of carbonyl (C=O) groups is 3. The van der Waals surface area contributed by atoms with E-state index in [1.807, 2.05) is 32.0 Å². The monoisotopic (exact) mass is 411 g/mol. The number of amides is 3. The molecule has 0 bridgehead atoms. The molecule has 0 spiro atoms. The van der Waals surface area contributed by atoms with E-state index in [2.05, 4.69) is 27.1 Å². The minimum Gasteiger partial charge on any atom is -0.352 e. The molecule has 0 unspecified atom stereocenters. The average molecular weight is 412 g/mol. The van der Waals surface area contributed by atoms with Gasteiger partial charge in [-0.2, -0.15) is 5.10 Å². The second kappa shape index (κ2) is 10.0. The third kappa shape index (κ3) is 6.17. The van der Waals surface area contributed by atoms with Gasteiger partial charge in [-0.15, -0.1) is 0 Å². The largest absolute Gasteiger partial charge is 0.352 e. The normalized spacial score (nSPS) is 14.9. The Balaban J connectivity index is 1.43. The van der Waals surface area contributed by atoms with Crippen molar-refractivity contribution >= 4 is 23.4 Å². The maximum Gasteiger partial charge on any atom is 0.313 e. The predicted octanol–water partition coefficient (Wildman–Crippen LogP) is 2.11. The number of hydrogen-bond acceptors (Lipinski definition) is 4. The maximum atomic E-state index is 12.1. The van der Waals surface area contributed by atoms with Crippen LogP contribution in [0.1, 0.15) is 49.7 Å². The molecule has 2 aromatic rings. The topological polar surface area (TPSA) is 105 Å². The third-order valence-corrected chi connectivity index (χ3v) is 5.30. The van der Waals surface area contributed by atoms with E-state index in [1.54, 1.807) is 0 Å². The molecular weight excluding hydrogens is 382 g/mol. The van der Waals surface area contributed by atoms with Crippen LogP contribution in [0.15, 0.2) is 36.7 Å². The van der Waals surface area contributed by atoms with Crippen molar-refractivity contribution in [3.05, 3.63) is 47.8 Å². The van der Waals surface area contributed by atoms with E-state index in [4.69, 9.17) is 0 Å². The van der Waals surface area contributed by atoms with E-state index >= 15 is 0 Å². The van der Waals surface area contributed by atoms with Crippen LogP contribution in [0.2, 0.25) is 0 Å². The molecule has 1 aliphatic rings. The lowest BCUT2D eigenvalue weighted by molar-refractivity contribution is -0.136. The van der Waals surface area contributed by atoms with Gasteiger partial charge in [-0.05, 0) is 31.2 Å². The molecule has 1 saturated carbocycles. The van der Waals surface area contributed by atoms with Crippen LogP contribution in [-0.4, -0.2) is 40.1 Å². The summed E-state index contributed by atoms with van der Waals surface area (Å²) in [6.45, 7) is 4.44. The van der Waals surface area contributed by atoms with Crippen molar-refractivity contribution in [2.75, 3.05) is 11.9 Å². The Kier molecular flexibility index (Phi) is 7.21. The SMILES string of the molecule is Cc1cccc([C@H](C)CNC(=O)C(=O)Nc2cnn(CC(=O)NC3CCCC3)c2)c1. The van der Waals surface area contributed by atoms with Gasteiger partial charge in [0.1, 0.15) is 6.54 Å². The van der Waals surface area contributed by atoms with Gasteiger partial charge in [-0.3, -0.25) is 19.1 Å². The molecule has 0 saturated heterocycles. The van der Waals surface area contributed by atoms with Crippen LogP contribution in [-0.2, 0) is 20.9 Å². The molecule has 3 amide bonds. The van der Waals surface area contributed by atoms with E-state index in [1.165, 1.54) is 17.1 Å². The Hall–Kier alpha value is -3.16. The van der Waals surface area contributed by atoms with Crippen LogP contribution in [0, 0.1) is 6.92 Å². The highest BCUT2D eigenvalue weighted by Gasteiger charge is 2.18. The molecular formula is C22H29N5O3. The number of rotatable bonds is 7. The van der Waals surface area contributed by atoms with Gasteiger partial charge in [0, 0.05) is 18.8 Å². The Morgan fingerprint density at radius 1 is 1.20 bits per heavy atom. The van der Waals surface area contributed by atoms with Crippen LogP contribution < -0.4 is 16.0 Å². The van der Waals surface area contributed by atoms with Gasteiger partial charge in [0.25, 0.3) is 0 Å². The molecule has 8 heteroatoms. The summed E-state index contributed by atoms with van der Waals surface area (Å²) in [5.74, 6) is -1.49. The molecule has 3 rings (SSSR count). The first-order chi connectivity index (χ1) is 14.4. The van der Waals surface area contributed by atoms with E-state index in [9.17, 15) is 14.4 Å². The van der Waals surface area contributed by atoms with Crippen molar-refractivity contribution in [3.63, 3.8) is 0 Å². The summed E-state index contributed by atoms with van der Waals surface area (Å²) in [6, 6.07) is 8.30. The Labute approximate surface area is 176 Å². The smallest absolute Gasteiger partial charge is 0.313 e. The van der Waals surface area contributed by atoms with Gasteiger partial charge >= 0.3 is 11.8 Å². The molecule has 0 radical (unpaired) electrons. The Morgan fingerprint density at radius 2 is 1.97 bits per heavy atom. The molecule has 8 nitrogen and oxygen atoms in total. The lowest BCUT2D eigenvalue weighted by Gasteiger charge is -2.13. The minimum atomic E-state index is -0.763. The van der Waals surface area contributed by atoms with Crippen molar-refractivity contribution < 1.29 is 14.4 Å². The van der Waals surface area contributed by atoms with Gasteiger partial charge in [-0.25, -0.2) is 0 Å². The fourth-order valence-electron chi connectivity index (χ4n) is 3.61. The summed E-state index contributed by atoms with van der Waals surface area (Å²) >= 11 is 0. The van der Waals surface area contributed by atoms with Gasteiger partial charge in [0.2, 0.25) is 5.91 Å². The summed E-state index contributed by atoms with van der Waals surface area (Å²) in [5.41, 5.74) is 2.63. The fourth-order valence-corrected chi connectivity index (χ4v) is 3.61. The molecule has 0 aliphatic heterocycles. The zero-order valence-electron chi connectivity index (χ0n) is 17.5. The lowest BCUT2D eigenvalue weighted by atomic mass is 9.99. The zero-order chi connectivity index (χ0) is 21.5. The number of nitrogens with one attached hydrogen (secondary N) is 3. The number of benzene rings is 1. The van der Waals surface area contributed by atoms with E-state index in [0.29, 0.717) is 12.2 Å². The van der Waals surface area contributed by atoms with Gasteiger partial charge in [0.05, 0.1) is 11.9 Å². The standard InChI is InChI=1S/C22H29N5O3/c1-15-6-5-7-17(10-15)16(2)11-23-21(29)22(30)26-19-12-24-27(13-19)14-20(28)25-18-8-3-4-9-18/h5-7,10,12-13,16,18H,3-4,8-9,11,14H2,1-2H3,(H,23,29)(H,25,28)(H,26,30)/t16-/m1/s1. The van der Waals surface area contributed by atoms with Gasteiger partial charge < -0.3 is 16.0 Å².